The smallest absolute Gasteiger partial charge is 0.416 e. The standard InChI is InChI=1S/C23H21F3N4O5/c1-13-3-2-4-16-20(13)27-19(28-21(16)31)12-35-22(32)14-7-9-29(10-8-14)17-6-5-15(23(24,25)26)11-18(17)30(33)34/h2-6,11,14H,7-10,12H2,1H3,(H,27,28,31). The van der Waals surface area contributed by atoms with Gasteiger partial charge in [-0.15, -0.1) is 0 Å². The van der Waals surface area contributed by atoms with Crippen molar-refractivity contribution in [1.82, 2.24) is 9.97 Å². The maximum absolute atomic E-state index is 12.9. The number of hydrogen-bond donors (Lipinski definition) is 1. The van der Waals surface area contributed by atoms with Crippen LogP contribution in [-0.4, -0.2) is 34.0 Å². The van der Waals surface area contributed by atoms with Crippen LogP contribution in [0.5, 0.6) is 0 Å². The molecular formula is C23H21F3N4O5. The molecule has 1 aliphatic heterocycles. The van der Waals surface area contributed by atoms with Crippen molar-refractivity contribution in [2.24, 2.45) is 5.92 Å². The molecule has 0 radical (unpaired) electrons. The molecule has 1 fully saturated rings. The Kier molecular flexibility index (Phi) is 6.46. The number of nitro groups is 1. The number of nitrogens with zero attached hydrogens (tertiary/aromatic N) is 3. The lowest BCUT2D eigenvalue weighted by atomic mass is 9.96. The molecule has 0 amide bonds. The van der Waals surface area contributed by atoms with Crippen LogP contribution in [0, 0.1) is 23.0 Å². The van der Waals surface area contributed by atoms with Gasteiger partial charge in [-0.1, -0.05) is 12.1 Å². The van der Waals surface area contributed by atoms with Crippen LogP contribution >= 0.6 is 0 Å². The van der Waals surface area contributed by atoms with Gasteiger partial charge in [-0.3, -0.25) is 19.7 Å². The number of nitro benzene ring substituents is 1. The average molecular weight is 490 g/mol. The Labute approximate surface area is 196 Å². The SMILES string of the molecule is Cc1cccc2c(=O)[nH]c(COC(=O)C3CCN(c4ccc(C(F)(F)F)cc4[N+](=O)[O-])CC3)nc12. The second kappa shape index (κ2) is 9.35. The lowest BCUT2D eigenvalue weighted by molar-refractivity contribution is -0.384. The predicted molar refractivity (Wildman–Crippen MR) is 120 cm³/mol. The van der Waals surface area contributed by atoms with E-state index < -0.39 is 34.2 Å². The minimum absolute atomic E-state index is 0.0723. The zero-order valence-electron chi connectivity index (χ0n) is 18.6. The number of esters is 1. The molecule has 3 aromatic rings. The third-order valence-electron chi connectivity index (χ3n) is 6.01. The number of aryl methyl sites for hydroxylation is 1. The van der Waals surface area contributed by atoms with E-state index in [1.807, 2.05) is 13.0 Å². The van der Waals surface area contributed by atoms with Crippen LogP contribution in [0.2, 0.25) is 0 Å². The van der Waals surface area contributed by atoms with Crippen molar-refractivity contribution < 1.29 is 27.6 Å². The predicted octanol–water partition coefficient (Wildman–Crippen LogP) is 4.12. The Morgan fingerprint density at radius 1 is 1.26 bits per heavy atom. The van der Waals surface area contributed by atoms with Crippen LogP contribution in [-0.2, 0) is 22.3 Å². The number of anilines is 1. The number of alkyl halides is 3. The average Bonchev–Trinajstić information content (AvgIpc) is 2.82. The summed E-state index contributed by atoms with van der Waals surface area (Å²) in [6.45, 7) is 2.06. The van der Waals surface area contributed by atoms with E-state index in [1.165, 1.54) is 0 Å². The van der Waals surface area contributed by atoms with Crippen LogP contribution in [0.3, 0.4) is 0 Å². The fraction of sp³-hybridized carbons (Fsp3) is 0.348. The van der Waals surface area contributed by atoms with Gasteiger partial charge in [0.2, 0.25) is 0 Å². The van der Waals surface area contributed by atoms with Gasteiger partial charge < -0.3 is 14.6 Å². The molecule has 35 heavy (non-hydrogen) atoms. The van der Waals surface area contributed by atoms with Crippen LogP contribution in [0.4, 0.5) is 24.5 Å². The van der Waals surface area contributed by atoms with Crippen LogP contribution in [0.25, 0.3) is 10.9 Å². The number of aromatic nitrogens is 2. The molecule has 1 N–H and O–H groups in total. The van der Waals surface area contributed by atoms with E-state index in [2.05, 4.69) is 9.97 Å². The van der Waals surface area contributed by atoms with Gasteiger partial charge in [0.25, 0.3) is 11.2 Å². The Morgan fingerprint density at radius 3 is 2.63 bits per heavy atom. The number of carbonyl (C=O) groups excluding carboxylic acids is 1. The van der Waals surface area contributed by atoms with Crippen LogP contribution in [0.15, 0.2) is 41.2 Å². The summed E-state index contributed by atoms with van der Waals surface area (Å²) in [6.07, 6.45) is -4.08. The highest BCUT2D eigenvalue weighted by atomic mass is 19.4. The lowest BCUT2D eigenvalue weighted by Gasteiger charge is -2.32. The Bertz CT molecular complexity index is 1350. The molecule has 1 saturated heterocycles. The van der Waals surface area contributed by atoms with Crippen LogP contribution < -0.4 is 10.5 Å². The molecule has 0 aliphatic carbocycles. The molecular weight excluding hydrogens is 469 g/mol. The van der Waals surface area contributed by atoms with Crippen molar-refractivity contribution in [2.75, 3.05) is 18.0 Å². The number of benzene rings is 2. The monoisotopic (exact) mass is 490 g/mol. The molecule has 2 heterocycles. The molecule has 1 aliphatic rings. The molecule has 0 saturated carbocycles. The van der Waals surface area contributed by atoms with Crippen molar-refractivity contribution >= 4 is 28.2 Å². The number of carbonyl (C=O) groups is 1. The van der Waals surface area contributed by atoms with Gasteiger partial charge in [0, 0.05) is 19.2 Å². The number of H-pyrrole nitrogens is 1. The van der Waals surface area contributed by atoms with E-state index in [0.717, 1.165) is 17.7 Å². The van der Waals surface area contributed by atoms with E-state index in [-0.39, 0.29) is 36.8 Å². The number of ether oxygens (including phenoxy) is 1. The van der Waals surface area contributed by atoms with Gasteiger partial charge in [0.1, 0.15) is 18.1 Å². The van der Waals surface area contributed by atoms with Gasteiger partial charge in [-0.05, 0) is 43.5 Å². The molecule has 0 bridgehead atoms. The van der Waals surface area contributed by atoms with Gasteiger partial charge in [-0.2, -0.15) is 13.2 Å². The van der Waals surface area contributed by atoms with Crippen molar-refractivity contribution in [1.29, 1.82) is 0 Å². The first-order chi connectivity index (χ1) is 16.5. The summed E-state index contributed by atoms with van der Waals surface area (Å²) in [4.78, 5) is 43.9. The van der Waals surface area contributed by atoms with Gasteiger partial charge in [-0.25, -0.2) is 4.98 Å². The van der Waals surface area contributed by atoms with Crippen molar-refractivity contribution in [2.45, 2.75) is 32.5 Å². The van der Waals surface area contributed by atoms with Gasteiger partial charge >= 0.3 is 12.1 Å². The summed E-state index contributed by atoms with van der Waals surface area (Å²) < 4.78 is 44.2. The lowest BCUT2D eigenvalue weighted by Crippen LogP contribution is -2.37. The minimum Gasteiger partial charge on any atom is -0.457 e. The highest BCUT2D eigenvalue weighted by Crippen LogP contribution is 2.37. The van der Waals surface area contributed by atoms with E-state index in [1.54, 1.807) is 17.0 Å². The number of nitrogens with one attached hydrogen (secondary N) is 1. The maximum atomic E-state index is 12.9. The number of hydrogen-bond acceptors (Lipinski definition) is 7. The van der Waals surface area contributed by atoms with Crippen molar-refractivity contribution in [3.63, 3.8) is 0 Å². The molecule has 0 spiro atoms. The van der Waals surface area contributed by atoms with Crippen molar-refractivity contribution in [3.05, 3.63) is 73.8 Å². The molecule has 4 rings (SSSR count). The normalized spacial score (nSPS) is 14.8. The molecule has 1 aromatic heterocycles. The summed E-state index contributed by atoms with van der Waals surface area (Å²) in [5, 5.41) is 11.8. The Morgan fingerprint density at radius 2 is 1.97 bits per heavy atom. The summed E-state index contributed by atoms with van der Waals surface area (Å²) in [7, 11) is 0. The summed E-state index contributed by atoms with van der Waals surface area (Å²) in [6, 6.07) is 7.64. The fourth-order valence-electron chi connectivity index (χ4n) is 4.15. The summed E-state index contributed by atoms with van der Waals surface area (Å²) in [5.74, 6) is -0.782. The third kappa shape index (κ3) is 5.10. The molecule has 9 nitrogen and oxygen atoms in total. The minimum atomic E-state index is -4.69. The van der Waals surface area contributed by atoms with Crippen LogP contribution in [0.1, 0.15) is 29.8 Å². The number of aromatic amines is 1. The zero-order valence-corrected chi connectivity index (χ0v) is 18.6. The van der Waals surface area contributed by atoms with Gasteiger partial charge in [0.15, 0.2) is 0 Å². The number of rotatable bonds is 5. The molecule has 184 valence electrons. The third-order valence-corrected chi connectivity index (χ3v) is 6.01. The molecule has 12 heteroatoms. The molecule has 2 aromatic carbocycles. The number of fused-ring (bicyclic) bond motifs is 1. The number of piperidine rings is 1. The fourth-order valence-corrected chi connectivity index (χ4v) is 4.15. The number of para-hydroxylation sites is 1. The second-order valence-corrected chi connectivity index (χ2v) is 8.31. The van der Waals surface area contributed by atoms with Crippen molar-refractivity contribution in [3.8, 4) is 0 Å². The molecule has 0 atom stereocenters. The first-order valence-corrected chi connectivity index (χ1v) is 10.8. The Hall–Kier alpha value is -3.96. The zero-order chi connectivity index (χ0) is 25.3. The largest absolute Gasteiger partial charge is 0.457 e. The van der Waals surface area contributed by atoms with E-state index >= 15 is 0 Å². The maximum Gasteiger partial charge on any atom is 0.416 e. The highest BCUT2D eigenvalue weighted by molar-refractivity contribution is 5.80. The summed E-state index contributed by atoms with van der Waals surface area (Å²) in [5.41, 5.74) is -0.664. The second-order valence-electron chi connectivity index (χ2n) is 8.31. The quantitative estimate of drug-likeness (QED) is 0.325. The molecule has 0 unspecified atom stereocenters. The van der Waals surface area contributed by atoms with E-state index in [4.69, 9.17) is 4.74 Å². The van der Waals surface area contributed by atoms with E-state index in [0.29, 0.717) is 29.8 Å². The van der Waals surface area contributed by atoms with Gasteiger partial charge in [0.05, 0.1) is 27.3 Å². The highest BCUT2D eigenvalue weighted by Gasteiger charge is 2.35. The first kappa shape index (κ1) is 24.2. The first-order valence-electron chi connectivity index (χ1n) is 10.8. The summed E-state index contributed by atoms with van der Waals surface area (Å²) >= 11 is 0. The Balaban J connectivity index is 1.40. The topological polar surface area (TPSA) is 118 Å². The number of halogens is 3. The van der Waals surface area contributed by atoms with E-state index in [9.17, 15) is 32.9 Å².